The minimum absolute atomic E-state index is 0. The van der Waals surface area contributed by atoms with Crippen LogP contribution in [0.3, 0.4) is 0 Å². The van der Waals surface area contributed by atoms with E-state index in [1.54, 1.807) is 10.4 Å². The fourth-order valence-corrected chi connectivity index (χ4v) is 5.57. The van der Waals surface area contributed by atoms with Crippen LogP contribution >= 0.6 is 23.7 Å². The van der Waals surface area contributed by atoms with Gasteiger partial charge in [0.2, 0.25) is 10.0 Å². The zero-order valence-electron chi connectivity index (χ0n) is 13.1. The first-order valence-corrected chi connectivity index (χ1v) is 9.59. The van der Waals surface area contributed by atoms with E-state index in [0.717, 1.165) is 29.0 Å². The van der Waals surface area contributed by atoms with Crippen LogP contribution in [0, 0.1) is 13.8 Å². The molecule has 0 aromatic carbocycles. The van der Waals surface area contributed by atoms with Crippen LogP contribution in [-0.2, 0) is 14.8 Å². The van der Waals surface area contributed by atoms with E-state index in [4.69, 9.17) is 10.5 Å². The summed E-state index contributed by atoms with van der Waals surface area (Å²) in [6.45, 7) is 6.16. The van der Waals surface area contributed by atoms with E-state index in [1.165, 1.54) is 11.3 Å². The highest BCUT2D eigenvalue weighted by molar-refractivity contribution is 7.89. The molecule has 1 saturated heterocycles. The van der Waals surface area contributed by atoms with Crippen molar-refractivity contribution in [2.75, 3.05) is 26.2 Å². The number of halogens is 1. The minimum Gasteiger partial charge on any atom is -0.378 e. The first-order valence-electron chi connectivity index (χ1n) is 7.34. The first kappa shape index (κ1) is 19.9. The number of hydrogen-bond donors (Lipinski definition) is 1. The zero-order chi connectivity index (χ0) is 15.5. The average molecular weight is 369 g/mol. The van der Waals surface area contributed by atoms with Crippen molar-refractivity contribution in [1.29, 1.82) is 0 Å². The van der Waals surface area contributed by atoms with Crippen LogP contribution in [0.25, 0.3) is 0 Å². The Morgan fingerprint density at radius 2 is 2.00 bits per heavy atom. The lowest BCUT2D eigenvalue weighted by molar-refractivity contribution is 0.0209. The van der Waals surface area contributed by atoms with E-state index >= 15 is 0 Å². The standard InChI is InChI=1S/C14H24N2O3S2.ClH/c1-11-10-14(12(2)20-11)21(17,18)16-7-4-13(5-8-16)19-9-3-6-15;/h10,13H,3-9,15H2,1-2H3;1H. The Bertz CT molecular complexity index is 567. The highest BCUT2D eigenvalue weighted by Crippen LogP contribution is 2.29. The van der Waals surface area contributed by atoms with Gasteiger partial charge in [0.1, 0.15) is 0 Å². The summed E-state index contributed by atoms with van der Waals surface area (Å²) in [6, 6.07) is 1.78. The van der Waals surface area contributed by atoms with Crippen molar-refractivity contribution < 1.29 is 13.2 Å². The number of ether oxygens (including phenoxy) is 1. The van der Waals surface area contributed by atoms with Gasteiger partial charge in [-0.2, -0.15) is 4.31 Å². The molecular formula is C14H25ClN2O3S2. The van der Waals surface area contributed by atoms with Gasteiger partial charge in [0.05, 0.1) is 11.0 Å². The number of thiophene rings is 1. The molecule has 0 unspecified atom stereocenters. The van der Waals surface area contributed by atoms with Crippen LogP contribution in [0.15, 0.2) is 11.0 Å². The number of nitrogens with two attached hydrogens (primary N) is 1. The third kappa shape index (κ3) is 4.66. The molecular weight excluding hydrogens is 344 g/mol. The molecule has 22 heavy (non-hydrogen) atoms. The van der Waals surface area contributed by atoms with Gasteiger partial charge >= 0.3 is 0 Å². The van der Waals surface area contributed by atoms with Crippen molar-refractivity contribution in [2.24, 2.45) is 5.73 Å². The molecule has 0 amide bonds. The molecule has 5 nitrogen and oxygen atoms in total. The van der Waals surface area contributed by atoms with Gasteiger partial charge in [-0.05, 0) is 45.7 Å². The van der Waals surface area contributed by atoms with Crippen LogP contribution in [0.4, 0.5) is 0 Å². The summed E-state index contributed by atoms with van der Waals surface area (Å²) >= 11 is 1.53. The molecule has 1 aliphatic heterocycles. The molecule has 1 aromatic rings. The van der Waals surface area contributed by atoms with Crippen LogP contribution in [0.1, 0.15) is 29.0 Å². The van der Waals surface area contributed by atoms with Crippen molar-refractivity contribution in [3.05, 3.63) is 15.8 Å². The van der Waals surface area contributed by atoms with Gasteiger partial charge in [-0.1, -0.05) is 0 Å². The van der Waals surface area contributed by atoms with Crippen LogP contribution in [0.5, 0.6) is 0 Å². The predicted octanol–water partition coefficient (Wildman–Crippen LogP) is 2.31. The van der Waals surface area contributed by atoms with E-state index in [1.807, 2.05) is 13.8 Å². The van der Waals surface area contributed by atoms with Gasteiger partial charge in [-0.25, -0.2) is 8.42 Å². The molecule has 0 aliphatic carbocycles. The maximum absolute atomic E-state index is 12.7. The van der Waals surface area contributed by atoms with Crippen molar-refractivity contribution in [1.82, 2.24) is 4.31 Å². The third-order valence-corrected chi connectivity index (χ3v) is 6.84. The van der Waals surface area contributed by atoms with Gasteiger partial charge in [0.25, 0.3) is 0 Å². The van der Waals surface area contributed by atoms with Gasteiger partial charge in [-0.15, -0.1) is 23.7 Å². The third-order valence-electron chi connectivity index (χ3n) is 3.72. The predicted molar refractivity (Wildman–Crippen MR) is 92.4 cm³/mol. The lowest BCUT2D eigenvalue weighted by Crippen LogP contribution is -2.41. The lowest BCUT2D eigenvalue weighted by Gasteiger charge is -2.31. The van der Waals surface area contributed by atoms with Gasteiger partial charge in [0.15, 0.2) is 0 Å². The minimum atomic E-state index is -3.35. The molecule has 2 N–H and O–H groups in total. The van der Waals surface area contributed by atoms with Gasteiger partial charge < -0.3 is 10.5 Å². The molecule has 0 saturated carbocycles. The summed E-state index contributed by atoms with van der Waals surface area (Å²) in [5.74, 6) is 0. The smallest absolute Gasteiger partial charge is 0.244 e. The maximum atomic E-state index is 12.7. The Balaban J connectivity index is 0.00000242. The fourth-order valence-electron chi connectivity index (χ4n) is 2.58. The number of rotatable bonds is 6. The lowest BCUT2D eigenvalue weighted by atomic mass is 10.1. The Morgan fingerprint density at radius 3 is 2.50 bits per heavy atom. The molecule has 128 valence electrons. The molecule has 1 fully saturated rings. The monoisotopic (exact) mass is 368 g/mol. The molecule has 1 aromatic heterocycles. The maximum Gasteiger partial charge on any atom is 0.244 e. The number of piperidine rings is 1. The Labute approximate surface area is 143 Å². The second-order valence-electron chi connectivity index (χ2n) is 5.39. The zero-order valence-corrected chi connectivity index (χ0v) is 15.5. The fraction of sp³-hybridized carbons (Fsp3) is 0.714. The Kier molecular flexibility index (Phi) is 7.78. The second kappa shape index (κ2) is 8.61. The number of aryl methyl sites for hydroxylation is 2. The molecule has 2 rings (SSSR count). The SMILES string of the molecule is Cc1cc(S(=O)(=O)N2CCC(OCCCN)CC2)c(C)s1.Cl. The van der Waals surface area contributed by atoms with Crippen molar-refractivity contribution in [3.63, 3.8) is 0 Å². The van der Waals surface area contributed by atoms with Crippen molar-refractivity contribution in [2.45, 2.75) is 44.1 Å². The second-order valence-corrected chi connectivity index (χ2v) is 8.76. The molecule has 8 heteroatoms. The normalized spacial score (nSPS) is 17.4. The van der Waals surface area contributed by atoms with Crippen LogP contribution < -0.4 is 5.73 Å². The highest BCUT2D eigenvalue weighted by Gasteiger charge is 2.31. The highest BCUT2D eigenvalue weighted by atomic mass is 35.5. The topological polar surface area (TPSA) is 72.6 Å². The number of hydrogen-bond acceptors (Lipinski definition) is 5. The molecule has 0 bridgehead atoms. The summed E-state index contributed by atoms with van der Waals surface area (Å²) in [5.41, 5.74) is 5.44. The largest absolute Gasteiger partial charge is 0.378 e. The summed E-state index contributed by atoms with van der Waals surface area (Å²) in [7, 11) is -3.35. The van der Waals surface area contributed by atoms with Crippen molar-refractivity contribution >= 4 is 33.8 Å². The van der Waals surface area contributed by atoms with E-state index in [9.17, 15) is 8.42 Å². The van der Waals surface area contributed by atoms with Crippen LogP contribution in [-0.4, -0.2) is 45.1 Å². The molecule has 0 atom stereocenters. The van der Waals surface area contributed by atoms with Crippen molar-refractivity contribution in [3.8, 4) is 0 Å². The van der Waals surface area contributed by atoms with E-state index in [2.05, 4.69) is 0 Å². The Hall–Kier alpha value is -0.180. The van der Waals surface area contributed by atoms with Gasteiger partial charge in [0, 0.05) is 29.5 Å². The molecule has 2 heterocycles. The van der Waals surface area contributed by atoms with E-state index in [0.29, 0.717) is 31.1 Å². The molecule has 0 spiro atoms. The summed E-state index contributed by atoms with van der Waals surface area (Å²) in [4.78, 5) is 2.37. The average Bonchev–Trinajstić information content (AvgIpc) is 2.79. The quantitative estimate of drug-likeness (QED) is 0.782. The summed E-state index contributed by atoms with van der Waals surface area (Å²) in [6.07, 6.45) is 2.53. The summed E-state index contributed by atoms with van der Waals surface area (Å²) < 4.78 is 32.6. The van der Waals surface area contributed by atoms with Crippen LogP contribution in [0.2, 0.25) is 0 Å². The molecule has 1 aliphatic rings. The number of nitrogens with zero attached hydrogens (tertiary/aromatic N) is 1. The number of sulfonamides is 1. The molecule has 0 radical (unpaired) electrons. The summed E-state index contributed by atoms with van der Waals surface area (Å²) in [5, 5.41) is 0. The van der Waals surface area contributed by atoms with E-state index < -0.39 is 10.0 Å². The van der Waals surface area contributed by atoms with Gasteiger partial charge in [-0.3, -0.25) is 0 Å². The van der Waals surface area contributed by atoms with E-state index in [-0.39, 0.29) is 18.5 Å². The first-order chi connectivity index (χ1) is 9.95. The Morgan fingerprint density at radius 1 is 1.36 bits per heavy atom.